The average molecular weight is 327 g/mol. The highest BCUT2D eigenvalue weighted by Gasteiger charge is 2.31. The molecule has 7 nitrogen and oxygen atoms in total. The van der Waals surface area contributed by atoms with Crippen LogP contribution in [0.2, 0.25) is 0 Å². The van der Waals surface area contributed by atoms with E-state index in [2.05, 4.69) is 10.3 Å². The molecule has 122 valence electrons. The Morgan fingerprint density at radius 1 is 1.23 bits per heavy atom. The molecule has 0 saturated heterocycles. The second-order valence-electron chi connectivity index (χ2n) is 6.38. The van der Waals surface area contributed by atoms with E-state index in [-0.39, 0.29) is 23.6 Å². The van der Waals surface area contributed by atoms with E-state index >= 15 is 0 Å². The smallest absolute Gasteiger partial charge is 0.245 e. The minimum atomic E-state index is -3.77. The molecule has 2 aromatic rings. The maximum Gasteiger partial charge on any atom is 0.245 e. The number of aryl methyl sites for hydroxylation is 2. The number of nitrogens with zero attached hydrogens (tertiary/aromatic N) is 3. The van der Waals surface area contributed by atoms with Crippen LogP contribution >= 0.6 is 0 Å². The molecule has 0 atom stereocenters. The van der Waals surface area contributed by atoms with Gasteiger partial charge in [-0.15, -0.1) is 0 Å². The SMILES string of the molecule is Cc1cc(C)c2nonc2c1S(=O)(=O)N(C)CC(C)(C)CO. The zero-order chi connectivity index (χ0) is 16.7. The molecular formula is C14H21N3O4S. The number of aliphatic hydroxyl groups excluding tert-OH is 1. The summed E-state index contributed by atoms with van der Waals surface area (Å²) in [5.41, 5.74) is 1.55. The Bertz CT molecular complexity index is 796. The van der Waals surface area contributed by atoms with Crippen LogP contribution in [0.3, 0.4) is 0 Å². The van der Waals surface area contributed by atoms with Crippen molar-refractivity contribution >= 4 is 21.1 Å². The van der Waals surface area contributed by atoms with Crippen molar-refractivity contribution in [2.45, 2.75) is 32.6 Å². The van der Waals surface area contributed by atoms with E-state index in [9.17, 15) is 13.5 Å². The standard InChI is InChI=1S/C14H21N3O4S/c1-9-6-10(2)13(12-11(9)15-21-16-12)22(19,20)17(5)7-14(3,4)8-18/h6,18H,7-8H2,1-5H3. The van der Waals surface area contributed by atoms with Crippen molar-refractivity contribution in [2.24, 2.45) is 5.41 Å². The van der Waals surface area contributed by atoms with Gasteiger partial charge in [0.25, 0.3) is 0 Å². The summed E-state index contributed by atoms with van der Waals surface area (Å²) in [6, 6.07) is 1.75. The predicted octanol–water partition coefficient (Wildman–Crippen LogP) is 1.48. The summed E-state index contributed by atoms with van der Waals surface area (Å²) in [7, 11) is -2.28. The van der Waals surface area contributed by atoms with Crippen LogP contribution in [0.25, 0.3) is 11.0 Å². The third-order valence-electron chi connectivity index (χ3n) is 3.62. The second kappa shape index (κ2) is 5.60. The lowest BCUT2D eigenvalue weighted by Crippen LogP contribution is -2.38. The normalized spacial score (nSPS) is 13.2. The molecule has 0 spiro atoms. The van der Waals surface area contributed by atoms with Gasteiger partial charge in [-0.3, -0.25) is 0 Å². The second-order valence-corrected chi connectivity index (χ2v) is 8.37. The van der Waals surface area contributed by atoms with E-state index in [1.54, 1.807) is 26.8 Å². The molecule has 0 aliphatic heterocycles. The monoisotopic (exact) mass is 327 g/mol. The Morgan fingerprint density at radius 2 is 1.82 bits per heavy atom. The Balaban J connectivity index is 2.57. The molecule has 1 N–H and O–H groups in total. The first-order chi connectivity index (χ1) is 10.1. The van der Waals surface area contributed by atoms with Crippen LogP contribution in [0.15, 0.2) is 15.6 Å². The van der Waals surface area contributed by atoms with E-state index in [4.69, 9.17) is 4.63 Å². The van der Waals surface area contributed by atoms with Crippen molar-refractivity contribution in [1.82, 2.24) is 14.6 Å². The van der Waals surface area contributed by atoms with Gasteiger partial charge < -0.3 is 5.11 Å². The summed E-state index contributed by atoms with van der Waals surface area (Å²) in [5.74, 6) is 0. The van der Waals surface area contributed by atoms with Gasteiger partial charge in [0, 0.05) is 25.6 Å². The number of hydrogen-bond donors (Lipinski definition) is 1. The molecule has 1 aromatic heterocycles. The van der Waals surface area contributed by atoms with E-state index in [0.717, 1.165) is 5.56 Å². The zero-order valence-electron chi connectivity index (χ0n) is 13.4. The summed E-state index contributed by atoms with van der Waals surface area (Å²) in [5, 5.41) is 16.9. The molecule has 2 rings (SSSR count). The van der Waals surface area contributed by atoms with E-state index < -0.39 is 15.4 Å². The molecule has 0 fully saturated rings. The molecular weight excluding hydrogens is 306 g/mol. The van der Waals surface area contributed by atoms with Gasteiger partial charge in [0.2, 0.25) is 10.0 Å². The Hall–Kier alpha value is -1.51. The first kappa shape index (κ1) is 16.9. The van der Waals surface area contributed by atoms with Gasteiger partial charge >= 0.3 is 0 Å². The van der Waals surface area contributed by atoms with E-state index in [0.29, 0.717) is 11.1 Å². The molecule has 0 amide bonds. The maximum atomic E-state index is 12.9. The fourth-order valence-corrected chi connectivity index (χ4v) is 4.14. The van der Waals surface area contributed by atoms with Crippen molar-refractivity contribution in [2.75, 3.05) is 20.2 Å². The van der Waals surface area contributed by atoms with Gasteiger partial charge in [0.15, 0.2) is 5.52 Å². The van der Waals surface area contributed by atoms with Crippen LogP contribution in [-0.2, 0) is 10.0 Å². The highest BCUT2D eigenvalue weighted by atomic mass is 32.2. The summed E-state index contributed by atoms with van der Waals surface area (Å²) in [6.07, 6.45) is 0. The Labute approximate surface area is 129 Å². The Kier molecular flexibility index (Phi) is 4.29. The maximum absolute atomic E-state index is 12.9. The lowest BCUT2D eigenvalue weighted by Gasteiger charge is -2.28. The molecule has 1 aromatic carbocycles. The summed E-state index contributed by atoms with van der Waals surface area (Å²) < 4.78 is 31.8. The number of hydrogen-bond acceptors (Lipinski definition) is 6. The molecule has 0 saturated carbocycles. The largest absolute Gasteiger partial charge is 0.396 e. The lowest BCUT2D eigenvalue weighted by molar-refractivity contribution is 0.140. The van der Waals surface area contributed by atoms with Gasteiger partial charge in [-0.2, -0.15) is 0 Å². The first-order valence-electron chi connectivity index (χ1n) is 6.90. The van der Waals surface area contributed by atoms with E-state index in [1.807, 2.05) is 6.92 Å². The van der Waals surface area contributed by atoms with Crippen molar-refractivity contribution in [3.8, 4) is 0 Å². The topological polar surface area (TPSA) is 96.5 Å². The molecule has 0 aliphatic carbocycles. The van der Waals surface area contributed by atoms with Crippen LogP contribution in [0, 0.1) is 19.3 Å². The molecule has 0 unspecified atom stereocenters. The molecule has 1 heterocycles. The van der Waals surface area contributed by atoms with Gasteiger partial charge in [-0.25, -0.2) is 17.4 Å². The fraction of sp³-hybridized carbons (Fsp3) is 0.571. The molecule has 0 radical (unpaired) electrons. The predicted molar refractivity (Wildman–Crippen MR) is 82.0 cm³/mol. The quantitative estimate of drug-likeness (QED) is 0.893. The summed E-state index contributed by atoms with van der Waals surface area (Å²) in [4.78, 5) is 0.102. The first-order valence-corrected chi connectivity index (χ1v) is 8.34. The highest BCUT2D eigenvalue weighted by Crippen LogP contribution is 2.30. The van der Waals surface area contributed by atoms with E-state index in [1.165, 1.54) is 11.4 Å². The molecule has 0 bridgehead atoms. The van der Waals surface area contributed by atoms with Gasteiger partial charge in [-0.1, -0.05) is 19.9 Å². The lowest BCUT2D eigenvalue weighted by atomic mass is 9.95. The van der Waals surface area contributed by atoms with Crippen LogP contribution < -0.4 is 0 Å². The average Bonchev–Trinajstić information content (AvgIpc) is 2.87. The van der Waals surface area contributed by atoms with Crippen LogP contribution in [0.4, 0.5) is 0 Å². The molecule has 8 heteroatoms. The summed E-state index contributed by atoms with van der Waals surface area (Å²) >= 11 is 0. The van der Waals surface area contributed by atoms with Crippen molar-refractivity contribution in [3.63, 3.8) is 0 Å². The highest BCUT2D eigenvalue weighted by molar-refractivity contribution is 7.89. The number of aromatic nitrogens is 2. The van der Waals surface area contributed by atoms with Crippen molar-refractivity contribution in [3.05, 3.63) is 17.2 Å². The fourth-order valence-electron chi connectivity index (χ4n) is 2.46. The minimum Gasteiger partial charge on any atom is -0.396 e. The number of rotatable bonds is 5. The van der Waals surface area contributed by atoms with Crippen LogP contribution in [0.5, 0.6) is 0 Å². The number of sulfonamides is 1. The minimum absolute atomic E-state index is 0.102. The number of benzene rings is 1. The Morgan fingerprint density at radius 3 is 2.41 bits per heavy atom. The van der Waals surface area contributed by atoms with Crippen LogP contribution in [0.1, 0.15) is 25.0 Å². The van der Waals surface area contributed by atoms with Crippen molar-refractivity contribution < 1.29 is 18.2 Å². The number of aliphatic hydroxyl groups is 1. The third-order valence-corrected chi connectivity index (χ3v) is 5.60. The number of fused-ring (bicyclic) bond motifs is 1. The van der Waals surface area contributed by atoms with Gasteiger partial charge in [0.05, 0.1) is 0 Å². The third kappa shape index (κ3) is 2.86. The van der Waals surface area contributed by atoms with Crippen LogP contribution in [-0.4, -0.2) is 48.3 Å². The van der Waals surface area contributed by atoms with Gasteiger partial charge in [0.1, 0.15) is 10.4 Å². The summed E-state index contributed by atoms with van der Waals surface area (Å²) in [6.45, 7) is 7.22. The zero-order valence-corrected chi connectivity index (χ0v) is 14.2. The van der Waals surface area contributed by atoms with Crippen molar-refractivity contribution in [1.29, 1.82) is 0 Å². The molecule has 22 heavy (non-hydrogen) atoms. The van der Waals surface area contributed by atoms with Gasteiger partial charge in [-0.05, 0) is 35.3 Å². The molecule has 0 aliphatic rings.